The van der Waals surface area contributed by atoms with Gasteiger partial charge in [0.2, 0.25) is 0 Å². The number of benzene rings is 3. The van der Waals surface area contributed by atoms with Crippen LogP contribution >= 0.6 is 0 Å². The molecule has 1 aliphatic heterocycles. The zero-order valence-corrected chi connectivity index (χ0v) is 17.4. The summed E-state index contributed by atoms with van der Waals surface area (Å²) in [5.41, 5.74) is 5.33. The normalized spacial score (nSPS) is 14.9. The minimum atomic E-state index is -0.136. The lowest BCUT2D eigenvalue weighted by molar-refractivity contribution is -0.113. The number of hydrogen-bond acceptors (Lipinski definition) is 3. The zero-order valence-electron chi connectivity index (χ0n) is 17.4. The van der Waals surface area contributed by atoms with Crippen molar-refractivity contribution in [2.45, 2.75) is 20.8 Å². The van der Waals surface area contributed by atoms with Gasteiger partial charge in [0.1, 0.15) is 17.3 Å². The third-order valence-corrected chi connectivity index (χ3v) is 4.96. The number of anilines is 1. The van der Waals surface area contributed by atoms with E-state index >= 15 is 0 Å². The van der Waals surface area contributed by atoms with Crippen LogP contribution in [0, 0.1) is 13.8 Å². The van der Waals surface area contributed by atoms with Crippen molar-refractivity contribution in [2.24, 2.45) is 4.99 Å². The van der Waals surface area contributed by atoms with Gasteiger partial charge in [-0.25, -0.2) is 4.99 Å². The summed E-state index contributed by atoms with van der Waals surface area (Å²) in [4.78, 5) is 19.7. The van der Waals surface area contributed by atoms with Crippen molar-refractivity contribution in [3.63, 3.8) is 0 Å². The Morgan fingerprint density at radius 3 is 2.07 bits per heavy atom. The fraction of sp³-hybridized carbons (Fsp3) is 0.154. The summed E-state index contributed by atoms with van der Waals surface area (Å²) < 4.78 is 5.50. The van der Waals surface area contributed by atoms with Crippen LogP contribution in [0.15, 0.2) is 83.5 Å². The van der Waals surface area contributed by atoms with E-state index < -0.39 is 0 Å². The third kappa shape index (κ3) is 4.03. The summed E-state index contributed by atoms with van der Waals surface area (Å²) in [5, 5.41) is 0. The summed E-state index contributed by atoms with van der Waals surface area (Å²) >= 11 is 0. The van der Waals surface area contributed by atoms with Gasteiger partial charge in [0.25, 0.3) is 5.91 Å². The molecule has 0 unspecified atom stereocenters. The van der Waals surface area contributed by atoms with Crippen LogP contribution in [0.2, 0.25) is 0 Å². The van der Waals surface area contributed by atoms with Crippen LogP contribution in [0.5, 0.6) is 5.75 Å². The van der Waals surface area contributed by atoms with Crippen LogP contribution in [0.3, 0.4) is 0 Å². The summed E-state index contributed by atoms with van der Waals surface area (Å²) in [6.07, 6.45) is 1.82. The Balaban J connectivity index is 1.75. The minimum Gasteiger partial charge on any atom is -0.494 e. The zero-order chi connectivity index (χ0) is 21.1. The fourth-order valence-electron chi connectivity index (χ4n) is 3.33. The number of amides is 1. The molecule has 0 saturated heterocycles. The monoisotopic (exact) mass is 396 g/mol. The molecule has 1 aliphatic rings. The third-order valence-electron chi connectivity index (χ3n) is 4.96. The summed E-state index contributed by atoms with van der Waals surface area (Å²) in [7, 11) is 0. The Labute approximate surface area is 177 Å². The number of ether oxygens (including phenoxy) is 1. The molecule has 30 heavy (non-hydrogen) atoms. The molecule has 4 heteroatoms. The van der Waals surface area contributed by atoms with Crippen molar-refractivity contribution in [3.8, 4) is 5.75 Å². The molecular weight excluding hydrogens is 372 g/mol. The van der Waals surface area contributed by atoms with E-state index in [0.29, 0.717) is 18.1 Å². The summed E-state index contributed by atoms with van der Waals surface area (Å²) in [6, 6.07) is 23.6. The molecule has 0 fully saturated rings. The Kier molecular flexibility index (Phi) is 5.48. The lowest BCUT2D eigenvalue weighted by Crippen LogP contribution is -2.32. The van der Waals surface area contributed by atoms with E-state index in [1.165, 1.54) is 0 Å². The molecule has 0 aliphatic carbocycles. The number of amidine groups is 1. The molecule has 3 aromatic carbocycles. The number of nitrogens with zero attached hydrogens (tertiary/aromatic N) is 2. The molecule has 150 valence electrons. The fourth-order valence-corrected chi connectivity index (χ4v) is 3.33. The van der Waals surface area contributed by atoms with Gasteiger partial charge in [-0.05, 0) is 56.7 Å². The lowest BCUT2D eigenvalue weighted by atomic mass is 10.1. The standard InChI is InChI=1S/C26H24N2O2/c1-4-30-23-15-9-20(10-16-23)17-24-26(29)28(22-13-7-19(3)8-14-22)25(27-24)21-11-5-18(2)6-12-21/h5-17H,4H2,1-3H3/b24-17+. The number of hydrogen-bond donors (Lipinski definition) is 0. The maximum Gasteiger partial charge on any atom is 0.282 e. The second kappa shape index (κ2) is 8.37. The first-order valence-corrected chi connectivity index (χ1v) is 10.1. The number of carbonyl (C=O) groups excluding carboxylic acids is 1. The molecule has 0 saturated carbocycles. The molecular formula is C26H24N2O2. The number of aliphatic imine (C=N–C) groups is 1. The molecule has 0 spiro atoms. The number of carbonyl (C=O) groups is 1. The predicted molar refractivity (Wildman–Crippen MR) is 122 cm³/mol. The van der Waals surface area contributed by atoms with E-state index in [1.807, 2.05) is 99.6 Å². The second-order valence-electron chi connectivity index (χ2n) is 7.31. The van der Waals surface area contributed by atoms with Crippen molar-refractivity contribution in [2.75, 3.05) is 11.5 Å². The van der Waals surface area contributed by atoms with E-state index in [4.69, 9.17) is 9.73 Å². The van der Waals surface area contributed by atoms with Crippen molar-refractivity contribution in [3.05, 3.63) is 101 Å². The van der Waals surface area contributed by atoms with Crippen molar-refractivity contribution >= 4 is 23.5 Å². The Bertz CT molecular complexity index is 1110. The van der Waals surface area contributed by atoms with E-state index in [-0.39, 0.29) is 5.91 Å². The van der Waals surface area contributed by atoms with Crippen molar-refractivity contribution in [1.82, 2.24) is 0 Å². The van der Waals surface area contributed by atoms with Crippen LogP contribution in [-0.4, -0.2) is 18.3 Å². The predicted octanol–water partition coefficient (Wildman–Crippen LogP) is 5.54. The topological polar surface area (TPSA) is 41.9 Å². The molecule has 0 radical (unpaired) electrons. The highest BCUT2D eigenvalue weighted by molar-refractivity contribution is 6.33. The van der Waals surface area contributed by atoms with Crippen LogP contribution in [0.25, 0.3) is 6.08 Å². The average Bonchev–Trinajstić information content (AvgIpc) is 3.07. The average molecular weight is 396 g/mol. The first-order chi connectivity index (χ1) is 14.5. The van der Waals surface area contributed by atoms with E-state index in [0.717, 1.165) is 33.7 Å². The van der Waals surface area contributed by atoms with Crippen LogP contribution < -0.4 is 9.64 Å². The number of rotatable bonds is 5. The van der Waals surface area contributed by atoms with Gasteiger partial charge in [-0.3, -0.25) is 9.69 Å². The molecule has 1 amide bonds. The molecule has 0 bridgehead atoms. The van der Waals surface area contributed by atoms with E-state index in [2.05, 4.69) is 0 Å². The van der Waals surface area contributed by atoms with Gasteiger partial charge in [0.15, 0.2) is 0 Å². The smallest absolute Gasteiger partial charge is 0.282 e. The Hall–Kier alpha value is -3.66. The van der Waals surface area contributed by atoms with Crippen LogP contribution in [0.1, 0.15) is 29.2 Å². The number of aryl methyl sites for hydroxylation is 2. The van der Waals surface area contributed by atoms with Gasteiger partial charge >= 0.3 is 0 Å². The first kappa shape index (κ1) is 19.6. The Morgan fingerprint density at radius 2 is 1.47 bits per heavy atom. The second-order valence-corrected chi connectivity index (χ2v) is 7.31. The molecule has 4 nitrogen and oxygen atoms in total. The van der Waals surface area contributed by atoms with Crippen molar-refractivity contribution < 1.29 is 9.53 Å². The molecule has 0 atom stereocenters. The molecule has 1 heterocycles. The highest BCUT2D eigenvalue weighted by atomic mass is 16.5. The highest BCUT2D eigenvalue weighted by Gasteiger charge is 2.32. The van der Waals surface area contributed by atoms with Gasteiger partial charge < -0.3 is 4.74 Å². The summed E-state index contributed by atoms with van der Waals surface area (Å²) in [6.45, 7) is 6.64. The quantitative estimate of drug-likeness (QED) is 0.532. The maximum atomic E-state index is 13.3. The lowest BCUT2D eigenvalue weighted by Gasteiger charge is -2.19. The van der Waals surface area contributed by atoms with Gasteiger partial charge in [-0.2, -0.15) is 0 Å². The SMILES string of the molecule is CCOc1ccc(/C=C2/N=C(c3ccc(C)cc3)N(c3ccc(C)cc3)C2=O)cc1. The van der Waals surface area contributed by atoms with Crippen LogP contribution in [-0.2, 0) is 4.79 Å². The van der Waals surface area contributed by atoms with Gasteiger partial charge in [-0.1, -0.05) is 59.7 Å². The van der Waals surface area contributed by atoms with Crippen LogP contribution in [0.4, 0.5) is 5.69 Å². The van der Waals surface area contributed by atoms with E-state index in [9.17, 15) is 4.79 Å². The highest BCUT2D eigenvalue weighted by Crippen LogP contribution is 2.28. The largest absolute Gasteiger partial charge is 0.494 e. The maximum absolute atomic E-state index is 13.3. The van der Waals surface area contributed by atoms with Gasteiger partial charge in [-0.15, -0.1) is 0 Å². The molecule has 0 aromatic heterocycles. The molecule has 0 N–H and O–H groups in total. The van der Waals surface area contributed by atoms with Crippen molar-refractivity contribution in [1.29, 1.82) is 0 Å². The molecule has 4 rings (SSSR count). The minimum absolute atomic E-state index is 0.136. The van der Waals surface area contributed by atoms with Gasteiger partial charge in [0.05, 0.1) is 12.3 Å². The summed E-state index contributed by atoms with van der Waals surface area (Å²) in [5.74, 6) is 1.31. The molecule has 3 aromatic rings. The Morgan fingerprint density at radius 1 is 0.867 bits per heavy atom. The van der Waals surface area contributed by atoms with Gasteiger partial charge in [0, 0.05) is 5.56 Å². The van der Waals surface area contributed by atoms with E-state index in [1.54, 1.807) is 4.90 Å². The first-order valence-electron chi connectivity index (χ1n) is 10.1.